The summed E-state index contributed by atoms with van der Waals surface area (Å²) in [6, 6.07) is 4.88. The Morgan fingerprint density at radius 3 is 2.52 bits per heavy atom. The molecule has 8 heteroatoms. The smallest absolute Gasteiger partial charge is 0.321 e. The van der Waals surface area contributed by atoms with Crippen molar-refractivity contribution in [2.75, 3.05) is 26.4 Å². The summed E-state index contributed by atoms with van der Waals surface area (Å²) in [5.74, 6) is 0.159. The van der Waals surface area contributed by atoms with E-state index in [0.29, 0.717) is 44.1 Å². The quantitative estimate of drug-likeness (QED) is 0.758. The van der Waals surface area contributed by atoms with E-state index in [9.17, 15) is 14.4 Å². The molecule has 27 heavy (non-hydrogen) atoms. The first-order valence-electron chi connectivity index (χ1n) is 9.20. The molecule has 0 aromatic heterocycles. The van der Waals surface area contributed by atoms with Crippen LogP contribution in [0.4, 0.5) is 4.79 Å². The van der Waals surface area contributed by atoms with Gasteiger partial charge in [0.2, 0.25) is 0 Å². The van der Waals surface area contributed by atoms with E-state index in [1.54, 1.807) is 13.0 Å². The van der Waals surface area contributed by atoms with Crippen LogP contribution in [0.1, 0.15) is 38.2 Å². The standard InChI is InChI=1S/C19H24N2O6/c1-2-20-18(24)21-16(22)12-27-17(23)19(7-3-4-8-19)13-5-6-14-15(11-13)26-10-9-25-14/h5-6,11H,2-4,7-10,12H2,1H3,(H2,20,21,22,24). The third-order valence-electron chi connectivity index (χ3n) is 4.87. The van der Waals surface area contributed by atoms with Crippen LogP contribution in [0.25, 0.3) is 0 Å². The van der Waals surface area contributed by atoms with Gasteiger partial charge in [-0.3, -0.25) is 14.9 Å². The van der Waals surface area contributed by atoms with Gasteiger partial charge in [-0.1, -0.05) is 18.9 Å². The molecular weight excluding hydrogens is 352 g/mol. The van der Waals surface area contributed by atoms with Crippen LogP contribution in [-0.4, -0.2) is 44.3 Å². The fourth-order valence-electron chi connectivity index (χ4n) is 3.57. The number of hydrogen-bond acceptors (Lipinski definition) is 6. The summed E-state index contributed by atoms with van der Waals surface area (Å²) >= 11 is 0. The summed E-state index contributed by atoms with van der Waals surface area (Å²) in [7, 11) is 0. The average molecular weight is 376 g/mol. The number of ether oxygens (including phenoxy) is 3. The molecule has 0 unspecified atom stereocenters. The Labute approximate surface area is 157 Å². The number of esters is 1. The second-order valence-electron chi connectivity index (χ2n) is 6.63. The zero-order valence-electron chi connectivity index (χ0n) is 15.3. The maximum Gasteiger partial charge on any atom is 0.321 e. The van der Waals surface area contributed by atoms with Gasteiger partial charge in [0.05, 0.1) is 5.41 Å². The molecule has 1 saturated carbocycles. The minimum atomic E-state index is -0.804. The van der Waals surface area contributed by atoms with E-state index in [4.69, 9.17) is 14.2 Å². The van der Waals surface area contributed by atoms with Gasteiger partial charge in [0.15, 0.2) is 18.1 Å². The highest BCUT2D eigenvalue weighted by Gasteiger charge is 2.45. The summed E-state index contributed by atoms with van der Waals surface area (Å²) in [5, 5.41) is 4.56. The molecule has 0 atom stereocenters. The van der Waals surface area contributed by atoms with E-state index in [0.717, 1.165) is 18.4 Å². The predicted molar refractivity (Wildman–Crippen MR) is 95.8 cm³/mol. The van der Waals surface area contributed by atoms with Crippen molar-refractivity contribution in [1.29, 1.82) is 0 Å². The van der Waals surface area contributed by atoms with E-state index < -0.39 is 29.9 Å². The Kier molecular flexibility index (Phi) is 5.83. The number of nitrogens with one attached hydrogen (secondary N) is 2. The van der Waals surface area contributed by atoms with Crippen molar-refractivity contribution < 1.29 is 28.6 Å². The van der Waals surface area contributed by atoms with Gasteiger partial charge in [-0.15, -0.1) is 0 Å². The number of amides is 3. The SMILES string of the molecule is CCNC(=O)NC(=O)COC(=O)C1(c2ccc3c(c2)OCCO3)CCCC1. The van der Waals surface area contributed by atoms with Gasteiger partial charge >= 0.3 is 12.0 Å². The maximum atomic E-state index is 12.9. The van der Waals surface area contributed by atoms with Crippen LogP contribution in [-0.2, 0) is 19.7 Å². The number of imide groups is 1. The maximum absolute atomic E-state index is 12.9. The molecule has 0 bridgehead atoms. The fourth-order valence-corrected chi connectivity index (χ4v) is 3.57. The molecule has 8 nitrogen and oxygen atoms in total. The summed E-state index contributed by atoms with van der Waals surface area (Å²) in [6.45, 7) is 2.60. The normalized spacial score (nSPS) is 17.1. The molecule has 1 aliphatic heterocycles. The first-order chi connectivity index (χ1) is 13.0. The molecule has 1 aliphatic carbocycles. The molecule has 146 valence electrons. The van der Waals surface area contributed by atoms with E-state index >= 15 is 0 Å². The number of benzene rings is 1. The van der Waals surface area contributed by atoms with Gasteiger partial charge in [0.25, 0.3) is 5.91 Å². The van der Waals surface area contributed by atoms with Gasteiger partial charge in [-0.25, -0.2) is 4.79 Å². The highest BCUT2D eigenvalue weighted by atomic mass is 16.6. The van der Waals surface area contributed by atoms with Crippen LogP contribution >= 0.6 is 0 Å². The average Bonchev–Trinajstić information content (AvgIpc) is 3.17. The number of urea groups is 1. The molecule has 1 fully saturated rings. The lowest BCUT2D eigenvalue weighted by molar-refractivity contribution is -0.154. The van der Waals surface area contributed by atoms with Gasteiger partial charge in [0.1, 0.15) is 13.2 Å². The highest BCUT2D eigenvalue weighted by molar-refractivity contribution is 5.96. The molecule has 2 aliphatic rings. The van der Waals surface area contributed by atoms with Gasteiger partial charge < -0.3 is 19.5 Å². The van der Waals surface area contributed by atoms with Crippen LogP contribution in [0.2, 0.25) is 0 Å². The minimum absolute atomic E-state index is 0.395. The molecule has 0 saturated heterocycles. The van der Waals surface area contributed by atoms with Crippen LogP contribution in [0.15, 0.2) is 18.2 Å². The highest BCUT2D eigenvalue weighted by Crippen LogP contribution is 2.45. The minimum Gasteiger partial charge on any atom is -0.486 e. The van der Waals surface area contributed by atoms with Crippen molar-refractivity contribution in [3.05, 3.63) is 23.8 Å². The van der Waals surface area contributed by atoms with Gasteiger partial charge in [-0.2, -0.15) is 0 Å². The first-order valence-corrected chi connectivity index (χ1v) is 9.20. The molecule has 3 rings (SSSR count). The lowest BCUT2D eigenvalue weighted by atomic mass is 9.78. The summed E-state index contributed by atoms with van der Waals surface area (Å²) in [6.07, 6.45) is 3.08. The molecule has 1 aromatic carbocycles. The third kappa shape index (κ3) is 4.15. The van der Waals surface area contributed by atoms with E-state index in [2.05, 4.69) is 10.6 Å². The topological polar surface area (TPSA) is 103 Å². The molecule has 3 amide bonds. The Morgan fingerprint density at radius 2 is 1.81 bits per heavy atom. The monoisotopic (exact) mass is 376 g/mol. The van der Waals surface area contributed by atoms with Crippen molar-refractivity contribution in [3.8, 4) is 11.5 Å². The summed E-state index contributed by atoms with van der Waals surface area (Å²) in [4.78, 5) is 36.0. The Balaban J connectivity index is 1.70. The van der Waals surface area contributed by atoms with Gasteiger partial charge in [-0.05, 0) is 37.5 Å². The Morgan fingerprint density at radius 1 is 1.11 bits per heavy atom. The van der Waals surface area contributed by atoms with E-state index in [1.165, 1.54) is 0 Å². The van der Waals surface area contributed by atoms with Crippen LogP contribution in [0, 0.1) is 0 Å². The fraction of sp³-hybridized carbons (Fsp3) is 0.526. The van der Waals surface area contributed by atoms with Crippen molar-refractivity contribution in [3.63, 3.8) is 0 Å². The van der Waals surface area contributed by atoms with Crippen molar-refractivity contribution in [2.45, 2.75) is 38.0 Å². The number of carbonyl (C=O) groups excluding carboxylic acids is 3. The van der Waals surface area contributed by atoms with E-state index in [1.807, 2.05) is 12.1 Å². The van der Waals surface area contributed by atoms with Gasteiger partial charge in [0, 0.05) is 6.54 Å². The van der Waals surface area contributed by atoms with Crippen LogP contribution in [0.3, 0.4) is 0 Å². The predicted octanol–water partition coefficient (Wildman–Crippen LogP) is 1.66. The lowest BCUT2D eigenvalue weighted by Crippen LogP contribution is -2.43. The zero-order valence-corrected chi connectivity index (χ0v) is 15.3. The molecule has 1 heterocycles. The summed E-state index contributed by atoms with van der Waals surface area (Å²) < 4.78 is 16.4. The second-order valence-corrected chi connectivity index (χ2v) is 6.63. The molecule has 0 spiro atoms. The first kappa shape index (κ1) is 19.0. The molecule has 0 radical (unpaired) electrons. The third-order valence-corrected chi connectivity index (χ3v) is 4.87. The summed E-state index contributed by atoms with van der Waals surface area (Å²) in [5.41, 5.74) is 0.000284. The Hall–Kier alpha value is -2.77. The van der Waals surface area contributed by atoms with Crippen molar-refractivity contribution in [2.24, 2.45) is 0 Å². The van der Waals surface area contributed by atoms with Crippen molar-refractivity contribution in [1.82, 2.24) is 10.6 Å². The molecule has 2 N–H and O–H groups in total. The number of hydrogen-bond donors (Lipinski definition) is 2. The van der Waals surface area contributed by atoms with Crippen LogP contribution < -0.4 is 20.1 Å². The zero-order chi connectivity index (χ0) is 19.3. The Bertz CT molecular complexity index is 727. The molecule has 1 aromatic rings. The second kappa shape index (κ2) is 8.28. The number of fused-ring (bicyclic) bond motifs is 1. The van der Waals surface area contributed by atoms with E-state index in [-0.39, 0.29) is 0 Å². The number of carbonyl (C=O) groups is 3. The molecular formula is C19H24N2O6. The lowest BCUT2D eigenvalue weighted by Gasteiger charge is -2.28. The largest absolute Gasteiger partial charge is 0.486 e. The number of rotatable bonds is 5. The van der Waals surface area contributed by atoms with Crippen LogP contribution in [0.5, 0.6) is 11.5 Å². The van der Waals surface area contributed by atoms with Crippen molar-refractivity contribution >= 4 is 17.9 Å².